The van der Waals surface area contributed by atoms with E-state index < -0.39 is 6.10 Å². The predicted octanol–water partition coefficient (Wildman–Crippen LogP) is 1.77. The summed E-state index contributed by atoms with van der Waals surface area (Å²) >= 11 is 6.00. The minimum atomic E-state index is -0.520. The molecule has 1 N–H and O–H groups in total. The van der Waals surface area contributed by atoms with Crippen LogP contribution in [0.25, 0.3) is 0 Å². The topological polar surface area (TPSA) is 56.8 Å². The molecule has 0 amide bonds. The van der Waals surface area contributed by atoms with E-state index >= 15 is 0 Å². The van der Waals surface area contributed by atoms with Crippen LogP contribution in [0.15, 0.2) is 18.2 Å². The normalized spacial score (nSPS) is 18.1. The average Bonchev–Trinajstić information content (AvgIpc) is 2.83. The molecule has 1 heterocycles. The summed E-state index contributed by atoms with van der Waals surface area (Å²) in [6.45, 7) is 2.37. The number of ether oxygens (including phenoxy) is 3. The summed E-state index contributed by atoms with van der Waals surface area (Å²) in [6.07, 6.45) is 0.0618. The van der Waals surface area contributed by atoms with E-state index in [1.54, 1.807) is 19.2 Å². The number of hydrogen-bond acceptors (Lipinski definition) is 5. The first-order chi connectivity index (χ1) is 9.70. The summed E-state index contributed by atoms with van der Waals surface area (Å²) in [7, 11) is 1.65. The highest BCUT2D eigenvalue weighted by atomic mass is 35.5. The molecule has 6 heteroatoms. The number of nitrogens with one attached hydrogen (secondary N) is 1. The number of methoxy groups -OCH3 is 1. The van der Waals surface area contributed by atoms with Crippen molar-refractivity contribution >= 4 is 17.6 Å². The molecule has 1 aromatic rings. The second kappa shape index (κ2) is 7.47. The minimum Gasteiger partial charge on any atom is -0.478 e. The molecule has 1 saturated heterocycles. The molecule has 0 saturated carbocycles. The lowest BCUT2D eigenvalue weighted by Crippen LogP contribution is -2.24. The molecular weight excluding hydrogens is 282 g/mol. The van der Waals surface area contributed by atoms with E-state index in [0.717, 1.165) is 12.1 Å². The van der Waals surface area contributed by atoms with E-state index in [1.807, 2.05) is 6.07 Å². The number of carbonyl (C=O) groups excluding carboxylic acids is 1. The summed E-state index contributed by atoms with van der Waals surface area (Å²) in [4.78, 5) is 11.5. The molecule has 1 unspecified atom stereocenters. The molecule has 1 fully saturated rings. The van der Waals surface area contributed by atoms with Gasteiger partial charge in [0.1, 0.15) is 5.75 Å². The Labute approximate surface area is 123 Å². The van der Waals surface area contributed by atoms with Crippen molar-refractivity contribution in [2.75, 3.05) is 26.9 Å². The third-order valence-corrected chi connectivity index (χ3v) is 3.21. The summed E-state index contributed by atoms with van der Waals surface area (Å²) in [6, 6.07) is 5.36. The van der Waals surface area contributed by atoms with Gasteiger partial charge in [0.15, 0.2) is 6.10 Å². The van der Waals surface area contributed by atoms with E-state index in [-0.39, 0.29) is 5.97 Å². The zero-order chi connectivity index (χ0) is 14.4. The molecular formula is C14H18ClNO4. The lowest BCUT2D eigenvalue weighted by Gasteiger charge is -2.15. The second-order valence-corrected chi connectivity index (χ2v) is 4.92. The van der Waals surface area contributed by atoms with Gasteiger partial charge in [0.2, 0.25) is 0 Å². The average molecular weight is 300 g/mol. The first-order valence-electron chi connectivity index (χ1n) is 6.52. The first-order valence-corrected chi connectivity index (χ1v) is 6.90. The van der Waals surface area contributed by atoms with E-state index in [0.29, 0.717) is 37.0 Å². The molecule has 1 atom stereocenters. The van der Waals surface area contributed by atoms with E-state index in [4.69, 9.17) is 25.8 Å². The summed E-state index contributed by atoms with van der Waals surface area (Å²) in [5, 5.41) is 3.86. The van der Waals surface area contributed by atoms with Crippen molar-refractivity contribution in [3.05, 3.63) is 28.8 Å². The van der Waals surface area contributed by atoms with E-state index in [1.165, 1.54) is 0 Å². The molecule has 110 valence electrons. The van der Waals surface area contributed by atoms with Gasteiger partial charge in [0.25, 0.3) is 0 Å². The zero-order valence-electron chi connectivity index (χ0n) is 11.4. The van der Waals surface area contributed by atoms with Gasteiger partial charge in [-0.1, -0.05) is 11.6 Å². The van der Waals surface area contributed by atoms with Gasteiger partial charge in [0.05, 0.1) is 13.2 Å². The van der Waals surface area contributed by atoms with Crippen LogP contribution in [0.2, 0.25) is 5.02 Å². The molecule has 1 aliphatic heterocycles. The third-order valence-electron chi connectivity index (χ3n) is 2.98. The summed E-state index contributed by atoms with van der Waals surface area (Å²) in [5.74, 6) is 0.349. The van der Waals surface area contributed by atoms with Crippen molar-refractivity contribution in [3.63, 3.8) is 0 Å². The predicted molar refractivity (Wildman–Crippen MR) is 75.0 cm³/mol. The van der Waals surface area contributed by atoms with Gasteiger partial charge in [-0.2, -0.15) is 0 Å². The van der Waals surface area contributed by atoms with E-state index in [9.17, 15) is 4.79 Å². The molecule has 5 nitrogen and oxygen atoms in total. The van der Waals surface area contributed by atoms with Crippen LogP contribution in [0.5, 0.6) is 5.75 Å². The van der Waals surface area contributed by atoms with Crippen LogP contribution in [0.1, 0.15) is 12.0 Å². The van der Waals surface area contributed by atoms with Crippen LogP contribution in [0.4, 0.5) is 0 Å². The fourth-order valence-corrected chi connectivity index (χ4v) is 2.13. The smallest absolute Gasteiger partial charge is 0.347 e. The fraction of sp³-hybridized carbons (Fsp3) is 0.500. The van der Waals surface area contributed by atoms with Gasteiger partial charge in [-0.3, -0.25) is 0 Å². The SMILES string of the molecule is COCCNCc1cc(Cl)ccc1OC1CCOC1=O. The van der Waals surface area contributed by atoms with Gasteiger partial charge in [0, 0.05) is 37.2 Å². The van der Waals surface area contributed by atoms with Gasteiger partial charge >= 0.3 is 5.97 Å². The number of benzene rings is 1. The van der Waals surface area contributed by atoms with Gasteiger partial charge in [-0.15, -0.1) is 0 Å². The Morgan fingerprint density at radius 3 is 3.05 bits per heavy atom. The summed E-state index contributed by atoms with van der Waals surface area (Å²) in [5.41, 5.74) is 0.910. The molecule has 0 bridgehead atoms. The Bertz CT molecular complexity index is 466. The maximum atomic E-state index is 11.5. The number of esters is 1. The number of cyclic esters (lactones) is 1. The Balaban J connectivity index is 2.01. The van der Waals surface area contributed by atoms with Gasteiger partial charge < -0.3 is 19.5 Å². The van der Waals surface area contributed by atoms with Crippen LogP contribution >= 0.6 is 11.6 Å². The quantitative estimate of drug-likeness (QED) is 0.614. The number of halogens is 1. The molecule has 0 spiro atoms. The monoisotopic (exact) mass is 299 g/mol. The summed E-state index contributed by atoms with van der Waals surface area (Å²) < 4.78 is 15.6. The zero-order valence-corrected chi connectivity index (χ0v) is 12.1. The Morgan fingerprint density at radius 1 is 1.50 bits per heavy atom. The van der Waals surface area contributed by atoms with Crippen molar-refractivity contribution in [1.29, 1.82) is 0 Å². The highest BCUT2D eigenvalue weighted by molar-refractivity contribution is 6.30. The number of hydrogen-bond donors (Lipinski definition) is 1. The van der Waals surface area contributed by atoms with Crippen LogP contribution in [0.3, 0.4) is 0 Å². The van der Waals surface area contributed by atoms with Crippen LogP contribution in [-0.2, 0) is 20.8 Å². The molecule has 0 radical (unpaired) electrons. The number of carbonyl (C=O) groups is 1. The minimum absolute atomic E-state index is 0.307. The van der Waals surface area contributed by atoms with Gasteiger partial charge in [-0.25, -0.2) is 4.79 Å². The molecule has 1 aliphatic rings. The maximum absolute atomic E-state index is 11.5. The van der Waals surface area contributed by atoms with Crippen LogP contribution in [-0.4, -0.2) is 38.9 Å². The van der Waals surface area contributed by atoms with Crippen LogP contribution < -0.4 is 10.1 Å². The standard InChI is InChI=1S/C14H18ClNO4/c1-18-7-5-16-9-10-8-11(15)2-3-12(10)20-13-4-6-19-14(13)17/h2-3,8,13,16H,4-7,9H2,1H3. The maximum Gasteiger partial charge on any atom is 0.347 e. The van der Waals surface area contributed by atoms with Crippen molar-refractivity contribution in [3.8, 4) is 5.75 Å². The van der Waals surface area contributed by atoms with Crippen molar-refractivity contribution in [2.24, 2.45) is 0 Å². The molecule has 1 aromatic carbocycles. The molecule has 0 aliphatic carbocycles. The molecule has 20 heavy (non-hydrogen) atoms. The first kappa shape index (κ1) is 15.1. The third kappa shape index (κ3) is 4.10. The Hall–Kier alpha value is -1.30. The largest absolute Gasteiger partial charge is 0.478 e. The fourth-order valence-electron chi connectivity index (χ4n) is 1.94. The van der Waals surface area contributed by atoms with E-state index in [2.05, 4.69) is 5.32 Å². The van der Waals surface area contributed by atoms with Crippen LogP contribution in [0, 0.1) is 0 Å². The van der Waals surface area contributed by atoms with Crippen molar-refractivity contribution in [1.82, 2.24) is 5.32 Å². The Morgan fingerprint density at radius 2 is 2.35 bits per heavy atom. The Kier molecular flexibility index (Phi) is 5.64. The van der Waals surface area contributed by atoms with Crippen molar-refractivity contribution in [2.45, 2.75) is 19.1 Å². The molecule has 2 rings (SSSR count). The lowest BCUT2D eigenvalue weighted by atomic mass is 10.2. The second-order valence-electron chi connectivity index (χ2n) is 4.48. The number of rotatable bonds is 7. The lowest BCUT2D eigenvalue weighted by molar-refractivity contribution is -0.143. The van der Waals surface area contributed by atoms with Crippen molar-refractivity contribution < 1.29 is 19.0 Å². The molecule has 0 aromatic heterocycles. The highest BCUT2D eigenvalue weighted by Gasteiger charge is 2.28. The van der Waals surface area contributed by atoms with Gasteiger partial charge in [-0.05, 0) is 18.2 Å². The highest BCUT2D eigenvalue weighted by Crippen LogP contribution is 2.25.